The number of unbranched alkanes of at least 4 members (excludes halogenated alkanes) is 12. The monoisotopic (exact) mass is 584 g/mol. The summed E-state index contributed by atoms with van der Waals surface area (Å²) in [5.41, 5.74) is 0. The predicted molar refractivity (Wildman–Crippen MR) is 181 cm³/mol. The standard InChI is InChI=1S/C38H64O4/c1-3-5-6-7-8-9-10-11-15-18-21-24-27-30-33-36(38(41)42-4-2)34-31-28-25-22-19-16-13-12-14-17-20-23-26-29-32-35-37(39)40/h8-9,11-12,14-16,19,25,28,36H,3-7,10,13,17-18,20-24,26-27,29-35H2,1-2H3,(H,39,40). The number of aliphatic carboxylic acids is 1. The number of allylic oxidation sites excluding steroid dienone is 10. The van der Waals surface area contributed by atoms with Crippen molar-refractivity contribution >= 4 is 11.9 Å². The summed E-state index contributed by atoms with van der Waals surface area (Å²) >= 11 is 0. The number of carboxylic acids is 1. The average Bonchev–Trinajstić information content (AvgIpc) is 2.97. The van der Waals surface area contributed by atoms with E-state index in [0.717, 1.165) is 77.0 Å². The summed E-state index contributed by atoms with van der Waals surface area (Å²) < 4.78 is 5.35. The highest BCUT2D eigenvalue weighted by molar-refractivity contribution is 5.72. The van der Waals surface area contributed by atoms with Crippen LogP contribution in [0.1, 0.15) is 155 Å². The Hall–Kier alpha value is -2.36. The zero-order valence-electron chi connectivity index (χ0n) is 27.3. The number of carboxylic acid groups (broad SMARTS) is 1. The summed E-state index contributed by atoms with van der Waals surface area (Å²) in [6.45, 7) is 4.59. The van der Waals surface area contributed by atoms with Crippen molar-refractivity contribution in [1.82, 2.24) is 0 Å². The van der Waals surface area contributed by atoms with Crippen LogP contribution >= 0.6 is 0 Å². The number of carbonyl (C=O) groups excluding carboxylic acids is 1. The van der Waals surface area contributed by atoms with Crippen molar-refractivity contribution < 1.29 is 19.4 Å². The van der Waals surface area contributed by atoms with Crippen LogP contribution in [0.5, 0.6) is 0 Å². The fourth-order valence-electron chi connectivity index (χ4n) is 4.81. The lowest BCUT2D eigenvalue weighted by Crippen LogP contribution is -2.17. The second-order valence-electron chi connectivity index (χ2n) is 11.3. The molecule has 0 saturated carbocycles. The first-order chi connectivity index (χ1) is 20.6. The van der Waals surface area contributed by atoms with Gasteiger partial charge in [-0.25, -0.2) is 0 Å². The highest BCUT2D eigenvalue weighted by Gasteiger charge is 2.18. The molecule has 0 aliphatic heterocycles. The lowest BCUT2D eigenvalue weighted by atomic mass is 9.95. The van der Waals surface area contributed by atoms with Crippen molar-refractivity contribution in [2.45, 2.75) is 155 Å². The molecule has 0 saturated heterocycles. The minimum absolute atomic E-state index is 0.0176. The van der Waals surface area contributed by atoms with E-state index < -0.39 is 5.97 Å². The zero-order valence-corrected chi connectivity index (χ0v) is 27.3. The topological polar surface area (TPSA) is 63.6 Å². The number of carbonyl (C=O) groups is 2. The van der Waals surface area contributed by atoms with Crippen LogP contribution < -0.4 is 0 Å². The van der Waals surface area contributed by atoms with E-state index in [1.54, 1.807) is 0 Å². The van der Waals surface area contributed by atoms with Crippen LogP contribution in [-0.4, -0.2) is 23.7 Å². The van der Waals surface area contributed by atoms with Gasteiger partial charge < -0.3 is 9.84 Å². The first-order valence-corrected chi connectivity index (χ1v) is 17.2. The number of rotatable bonds is 30. The Labute approximate surface area is 259 Å². The highest BCUT2D eigenvalue weighted by atomic mass is 16.5. The van der Waals surface area contributed by atoms with Crippen LogP contribution in [0.4, 0.5) is 0 Å². The van der Waals surface area contributed by atoms with Gasteiger partial charge in [0.05, 0.1) is 12.5 Å². The first-order valence-electron chi connectivity index (χ1n) is 17.2. The van der Waals surface area contributed by atoms with Crippen LogP contribution in [-0.2, 0) is 14.3 Å². The molecule has 0 rings (SSSR count). The number of hydrogen-bond acceptors (Lipinski definition) is 3. The van der Waals surface area contributed by atoms with Gasteiger partial charge in [0.25, 0.3) is 0 Å². The molecular weight excluding hydrogens is 520 g/mol. The van der Waals surface area contributed by atoms with Crippen LogP contribution in [0.3, 0.4) is 0 Å². The molecule has 1 unspecified atom stereocenters. The van der Waals surface area contributed by atoms with Crippen molar-refractivity contribution in [3.8, 4) is 0 Å². The fourth-order valence-corrected chi connectivity index (χ4v) is 4.81. The maximum Gasteiger partial charge on any atom is 0.308 e. The van der Waals surface area contributed by atoms with E-state index in [4.69, 9.17) is 9.84 Å². The third kappa shape index (κ3) is 30.6. The fraction of sp³-hybridized carbons (Fsp3) is 0.684. The van der Waals surface area contributed by atoms with Gasteiger partial charge in [-0.2, -0.15) is 0 Å². The number of hydrogen-bond donors (Lipinski definition) is 1. The van der Waals surface area contributed by atoms with Gasteiger partial charge in [-0.3, -0.25) is 9.59 Å². The molecule has 0 aliphatic carbocycles. The molecule has 240 valence electrons. The minimum Gasteiger partial charge on any atom is -0.481 e. The Morgan fingerprint density at radius 3 is 1.52 bits per heavy atom. The van der Waals surface area contributed by atoms with Gasteiger partial charge in [-0.15, -0.1) is 0 Å². The molecule has 0 bridgehead atoms. The van der Waals surface area contributed by atoms with E-state index in [9.17, 15) is 9.59 Å². The molecule has 0 aliphatic rings. The van der Waals surface area contributed by atoms with E-state index in [1.165, 1.54) is 57.8 Å². The number of ether oxygens (including phenoxy) is 1. The molecule has 0 aromatic heterocycles. The summed E-state index contributed by atoms with van der Waals surface area (Å²) in [5, 5.41) is 8.63. The quantitative estimate of drug-likeness (QED) is 0.0518. The van der Waals surface area contributed by atoms with E-state index >= 15 is 0 Å². The van der Waals surface area contributed by atoms with Gasteiger partial charge in [0.2, 0.25) is 0 Å². The molecule has 4 heteroatoms. The lowest BCUT2D eigenvalue weighted by molar-refractivity contribution is -0.148. The van der Waals surface area contributed by atoms with Crippen molar-refractivity contribution in [2.24, 2.45) is 5.92 Å². The normalized spacial score (nSPS) is 13.0. The van der Waals surface area contributed by atoms with E-state index in [1.807, 2.05) is 6.92 Å². The molecular formula is C38H64O4. The van der Waals surface area contributed by atoms with Crippen molar-refractivity contribution in [2.75, 3.05) is 6.61 Å². The summed E-state index contributed by atoms with van der Waals surface area (Å²) in [6.07, 6.45) is 45.9. The molecule has 0 amide bonds. The third-order valence-corrected chi connectivity index (χ3v) is 7.36. The van der Waals surface area contributed by atoms with E-state index in [2.05, 4.69) is 67.7 Å². The Kier molecular flexibility index (Phi) is 31.3. The Morgan fingerprint density at radius 1 is 0.548 bits per heavy atom. The second-order valence-corrected chi connectivity index (χ2v) is 11.3. The summed E-state index contributed by atoms with van der Waals surface area (Å²) in [7, 11) is 0. The van der Waals surface area contributed by atoms with Crippen LogP contribution in [0.25, 0.3) is 0 Å². The SMILES string of the molecule is CCCCCC=CCC=CCCCCCCC(CCC=CCC=CCC=CCCCCCCCC(=O)O)C(=O)OCC. The molecule has 42 heavy (non-hydrogen) atoms. The first kappa shape index (κ1) is 39.6. The largest absolute Gasteiger partial charge is 0.481 e. The van der Waals surface area contributed by atoms with Gasteiger partial charge in [0.15, 0.2) is 0 Å². The number of esters is 1. The van der Waals surface area contributed by atoms with E-state index in [0.29, 0.717) is 13.0 Å². The predicted octanol–water partition coefficient (Wildman–Crippen LogP) is 11.6. The Bertz CT molecular complexity index is 759. The van der Waals surface area contributed by atoms with Crippen LogP contribution in [0, 0.1) is 5.92 Å². The molecule has 0 heterocycles. The zero-order chi connectivity index (χ0) is 30.8. The third-order valence-electron chi connectivity index (χ3n) is 7.36. The van der Waals surface area contributed by atoms with Gasteiger partial charge in [-0.05, 0) is 90.4 Å². The van der Waals surface area contributed by atoms with Gasteiger partial charge in [0, 0.05) is 6.42 Å². The average molecular weight is 585 g/mol. The van der Waals surface area contributed by atoms with Gasteiger partial charge in [0.1, 0.15) is 0 Å². The molecule has 4 nitrogen and oxygen atoms in total. The molecule has 0 aromatic rings. The lowest BCUT2D eigenvalue weighted by Gasteiger charge is -2.14. The molecule has 0 radical (unpaired) electrons. The van der Waals surface area contributed by atoms with E-state index in [-0.39, 0.29) is 11.9 Å². The Morgan fingerprint density at radius 2 is 1.00 bits per heavy atom. The molecule has 0 fully saturated rings. The van der Waals surface area contributed by atoms with Gasteiger partial charge in [-0.1, -0.05) is 119 Å². The molecule has 1 N–H and O–H groups in total. The summed E-state index contributed by atoms with van der Waals surface area (Å²) in [4.78, 5) is 22.9. The van der Waals surface area contributed by atoms with Crippen LogP contribution in [0.2, 0.25) is 0 Å². The maximum atomic E-state index is 12.4. The summed E-state index contributed by atoms with van der Waals surface area (Å²) in [5.74, 6) is -0.697. The van der Waals surface area contributed by atoms with Crippen LogP contribution in [0.15, 0.2) is 60.8 Å². The second kappa shape index (κ2) is 33.1. The Balaban J connectivity index is 3.89. The molecule has 0 spiro atoms. The van der Waals surface area contributed by atoms with Crippen molar-refractivity contribution in [3.63, 3.8) is 0 Å². The van der Waals surface area contributed by atoms with Crippen molar-refractivity contribution in [3.05, 3.63) is 60.8 Å². The molecule has 0 aromatic carbocycles. The molecule has 1 atom stereocenters. The highest BCUT2D eigenvalue weighted by Crippen LogP contribution is 2.19. The summed E-state index contributed by atoms with van der Waals surface area (Å²) in [6, 6.07) is 0. The van der Waals surface area contributed by atoms with Gasteiger partial charge >= 0.3 is 11.9 Å². The maximum absolute atomic E-state index is 12.4. The smallest absolute Gasteiger partial charge is 0.308 e. The minimum atomic E-state index is -0.688. The van der Waals surface area contributed by atoms with Crippen molar-refractivity contribution in [1.29, 1.82) is 0 Å².